The number of Topliss-reactive ketones (excluding diaryl/α,β-unsaturated/α-hetero) is 1. The maximum atomic E-state index is 11.7. The number of unbranched alkanes of at least 4 members (excludes halogenated alkanes) is 1. The first-order valence-electron chi connectivity index (χ1n) is 4.24. The van der Waals surface area contributed by atoms with Crippen LogP contribution in [-0.4, -0.2) is 24.4 Å². The van der Waals surface area contributed by atoms with Gasteiger partial charge in [0.25, 0.3) is 0 Å². The highest BCUT2D eigenvalue weighted by Crippen LogP contribution is 2.17. The minimum absolute atomic E-state index is 0.306. The number of hydrogen-bond acceptors (Lipinski definition) is 2. The molecule has 0 fully saturated rings. The summed E-state index contributed by atoms with van der Waals surface area (Å²) in [5, 5.41) is 2.23. The van der Waals surface area contributed by atoms with Gasteiger partial charge < -0.3 is 5.32 Å². The van der Waals surface area contributed by atoms with Gasteiger partial charge >= 0.3 is 6.18 Å². The molecule has 0 radical (unpaired) electrons. The molecular formula is C8H12F3NO2. The summed E-state index contributed by atoms with van der Waals surface area (Å²) in [6.45, 7) is 2.19. The lowest BCUT2D eigenvalue weighted by Crippen LogP contribution is -2.32. The lowest BCUT2D eigenvalue weighted by molar-refractivity contribution is -0.172. The summed E-state index contributed by atoms with van der Waals surface area (Å²) >= 11 is 0. The highest BCUT2D eigenvalue weighted by molar-refractivity contribution is 6.00. The van der Waals surface area contributed by atoms with E-state index in [1.54, 1.807) is 0 Å². The van der Waals surface area contributed by atoms with Crippen molar-refractivity contribution in [3.8, 4) is 0 Å². The first-order valence-corrected chi connectivity index (χ1v) is 4.24. The minimum atomic E-state index is -4.91. The van der Waals surface area contributed by atoms with Crippen molar-refractivity contribution in [2.45, 2.75) is 32.4 Å². The van der Waals surface area contributed by atoms with Gasteiger partial charge in [0.2, 0.25) is 11.7 Å². The van der Waals surface area contributed by atoms with Crippen molar-refractivity contribution in [2.75, 3.05) is 6.54 Å². The minimum Gasteiger partial charge on any atom is -0.356 e. The molecule has 1 N–H and O–H groups in total. The van der Waals surface area contributed by atoms with E-state index < -0.39 is 24.3 Å². The molecule has 0 atom stereocenters. The summed E-state index contributed by atoms with van der Waals surface area (Å²) in [7, 11) is 0. The molecule has 82 valence electrons. The van der Waals surface area contributed by atoms with Crippen molar-refractivity contribution in [3.63, 3.8) is 0 Å². The Morgan fingerprint density at radius 1 is 1.29 bits per heavy atom. The molecule has 0 rings (SSSR count). The number of rotatable bonds is 5. The largest absolute Gasteiger partial charge is 0.450 e. The number of alkyl halides is 3. The fraction of sp³-hybridized carbons (Fsp3) is 0.750. The van der Waals surface area contributed by atoms with Crippen LogP contribution in [0.5, 0.6) is 0 Å². The van der Waals surface area contributed by atoms with Crippen molar-refractivity contribution in [1.29, 1.82) is 0 Å². The van der Waals surface area contributed by atoms with Crippen LogP contribution in [-0.2, 0) is 9.59 Å². The van der Waals surface area contributed by atoms with Crippen LogP contribution in [0.25, 0.3) is 0 Å². The van der Waals surface area contributed by atoms with Crippen LogP contribution in [0, 0.1) is 0 Å². The molecule has 0 aromatic rings. The monoisotopic (exact) mass is 211 g/mol. The highest BCUT2D eigenvalue weighted by Gasteiger charge is 2.38. The molecule has 0 aliphatic carbocycles. The zero-order valence-electron chi connectivity index (χ0n) is 7.78. The molecule has 3 nitrogen and oxygen atoms in total. The van der Waals surface area contributed by atoms with Crippen LogP contribution < -0.4 is 5.32 Å². The average Bonchev–Trinajstić information content (AvgIpc) is 2.03. The summed E-state index contributed by atoms with van der Waals surface area (Å²) in [4.78, 5) is 21.1. The van der Waals surface area contributed by atoms with E-state index in [1.807, 2.05) is 6.92 Å². The van der Waals surface area contributed by atoms with E-state index in [9.17, 15) is 22.8 Å². The summed E-state index contributed by atoms with van der Waals surface area (Å²) in [6, 6.07) is 0. The summed E-state index contributed by atoms with van der Waals surface area (Å²) in [6.07, 6.45) is -4.52. The van der Waals surface area contributed by atoms with E-state index in [0.29, 0.717) is 13.0 Å². The first kappa shape index (κ1) is 12.9. The van der Waals surface area contributed by atoms with E-state index in [4.69, 9.17) is 0 Å². The molecule has 14 heavy (non-hydrogen) atoms. The topological polar surface area (TPSA) is 46.2 Å². The van der Waals surface area contributed by atoms with E-state index in [-0.39, 0.29) is 0 Å². The van der Waals surface area contributed by atoms with Gasteiger partial charge in [-0.05, 0) is 6.42 Å². The molecule has 0 aromatic carbocycles. The Hall–Kier alpha value is -1.07. The van der Waals surface area contributed by atoms with Crippen molar-refractivity contribution in [3.05, 3.63) is 0 Å². The molecule has 6 heteroatoms. The molecule has 0 aromatic heterocycles. The van der Waals surface area contributed by atoms with Crippen LogP contribution in [0.15, 0.2) is 0 Å². The lowest BCUT2D eigenvalue weighted by atomic mass is 10.2. The van der Waals surface area contributed by atoms with Gasteiger partial charge in [-0.1, -0.05) is 13.3 Å². The predicted octanol–water partition coefficient (Wildman–Crippen LogP) is 1.42. The van der Waals surface area contributed by atoms with Crippen molar-refractivity contribution in [2.24, 2.45) is 0 Å². The Labute approximate surface area is 79.7 Å². The Morgan fingerprint density at radius 3 is 2.29 bits per heavy atom. The molecule has 1 amide bonds. The summed E-state index contributed by atoms with van der Waals surface area (Å²) in [5.74, 6) is -2.88. The number of amides is 1. The third-order valence-electron chi connectivity index (χ3n) is 1.49. The van der Waals surface area contributed by atoms with Crippen molar-refractivity contribution < 1.29 is 22.8 Å². The maximum Gasteiger partial charge on any atom is 0.450 e. The summed E-state index contributed by atoms with van der Waals surface area (Å²) < 4.78 is 35.0. The molecular weight excluding hydrogens is 199 g/mol. The second-order valence-electron chi connectivity index (χ2n) is 2.80. The molecule has 0 aliphatic heterocycles. The normalized spacial score (nSPS) is 11.1. The Balaban J connectivity index is 3.78. The van der Waals surface area contributed by atoms with Gasteiger partial charge in [-0.15, -0.1) is 0 Å². The third-order valence-corrected chi connectivity index (χ3v) is 1.49. The fourth-order valence-corrected chi connectivity index (χ4v) is 0.713. The van der Waals surface area contributed by atoms with Crippen LogP contribution in [0.4, 0.5) is 13.2 Å². The average molecular weight is 211 g/mol. The Kier molecular flexibility index (Phi) is 5.19. The van der Waals surface area contributed by atoms with Gasteiger partial charge in [0.05, 0.1) is 6.42 Å². The van der Waals surface area contributed by atoms with Gasteiger partial charge in [0.1, 0.15) is 0 Å². The second kappa shape index (κ2) is 5.62. The number of nitrogens with one attached hydrogen (secondary N) is 1. The lowest BCUT2D eigenvalue weighted by Gasteiger charge is -2.05. The van der Waals surface area contributed by atoms with Crippen molar-refractivity contribution >= 4 is 11.7 Å². The van der Waals surface area contributed by atoms with E-state index in [0.717, 1.165) is 6.42 Å². The number of carbonyl (C=O) groups is 2. The zero-order valence-corrected chi connectivity index (χ0v) is 7.78. The number of halogens is 3. The van der Waals surface area contributed by atoms with E-state index in [2.05, 4.69) is 5.32 Å². The molecule has 0 bridgehead atoms. The van der Waals surface area contributed by atoms with Gasteiger partial charge in [-0.3, -0.25) is 9.59 Å². The number of hydrogen-bond donors (Lipinski definition) is 1. The Bertz CT molecular complexity index is 213. The molecule has 0 saturated carbocycles. The van der Waals surface area contributed by atoms with Gasteiger partial charge in [-0.25, -0.2) is 0 Å². The molecule has 0 spiro atoms. The molecule has 0 aliphatic rings. The van der Waals surface area contributed by atoms with E-state index in [1.165, 1.54) is 0 Å². The molecule has 0 unspecified atom stereocenters. The zero-order chi connectivity index (χ0) is 11.2. The van der Waals surface area contributed by atoms with Crippen LogP contribution in [0.3, 0.4) is 0 Å². The number of ketones is 1. The van der Waals surface area contributed by atoms with Gasteiger partial charge in [-0.2, -0.15) is 13.2 Å². The van der Waals surface area contributed by atoms with Crippen LogP contribution in [0.2, 0.25) is 0 Å². The first-order chi connectivity index (χ1) is 6.38. The van der Waals surface area contributed by atoms with Crippen LogP contribution >= 0.6 is 0 Å². The van der Waals surface area contributed by atoms with E-state index >= 15 is 0 Å². The molecule has 0 saturated heterocycles. The fourth-order valence-electron chi connectivity index (χ4n) is 0.713. The quantitative estimate of drug-likeness (QED) is 0.552. The smallest absolute Gasteiger partial charge is 0.356 e. The standard InChI is InChI=1S/C8H12F3NO2/c1-2-3-4-12-7(14)5-6(13)8(9,10)11/h2-5H2,1H3,(H,12,14). The van der Waals surface area contributed by atoms with Gasteiger partial charge in [0, 0.05) is 6.54 Å². The Morgan fingerprint density at radius 2 is 1.86 bits per heavy atom. The maximum absolute atomic E-state index is 11.7. The highest BCUT2D eigenvalue weighted by atomic mass is 19.4. The van der Waals surface area contributed by atoms with Crippen LogP contribution in [0.1, 0.15) is 26.2 Å². The second-order valence-corrected chi connectivity index (χ2v) is 2.80. The van der Waals surface area contributed by atoms with Crippen molar-refractivity contribution in [1.82, 2.24) is 5.32 Å². The third kappa shape index (κ3) is 5.55. The predicted molar refractivity (Wildman–Crippen MR) is 43.6 cm³/mol. The van der Waals surface area contributed by atoms with Gasteiger partial charge in [0.15, 0.2) is 0 Å². The molecule has 0 heterocycles. The summed E-state index contributed by atoms with van der Waals surface area (Å²) in [5.41, 5.74) is 0. The number of carbonyl (C=O) groups excluding carboxylic acids is 2. The SMILES string of the molecule is CCCCNC(=O)CC(=O)C(F)(F)F.